The van der Waals surface area contributed by atoms with Crippen molar-refractivity contribution in [1.82, 2.24) is 10.2 Å². The molecule has 1 saturated heterocycles. The molecular weight excluding hydrogens is 298 g/mol. The number of benzene rings is 1. The minimum Gasteiger partial charge on any atom is -0.337 e. The second-order valence-electron chi connectivity index (χ2n) is 7.43. The van der Waals surface area contributed by atoms with Gasteiger partial charge in [-0.05, 0) is 56.7 Å². The Bertz CT molecular complexity index is 570. The van der Waals surface area contributed by atoms with Gasteiger partial charge >= 0.3 is 0 Å². The predicted molar refractivity (Wildman–Crippen MR) is 96.3 cm³/mol. The maximum atomic E-state index is 12.3. The van der Waals surface area contributed by atoms with E-state index in [0.717, 1.165) is 32.4 Å². The van der Waals surface area contributed by atoms with Gasteiger partial charge in [0.25, 0.3) is 0 Å². The standard InChI is InChI=1S/C20H29N3O/c1-16(2)20(3,15-21)22-19(24)14-23-11-9-18(10-12-23)13-17-7-5-4-6-8-17/h4-8,16,18H,9-14H2,1-3H3,(H,22,24)/t20-/m1/s1. The first-order valence-corrected chi connectivity index (χ1v) is 8.91. The van der Waals surface area contributed by atoms with Crippen LogP contribution < -0.4 is 5.32 Å². The fourth-order valence-electron chi connectivity index (χ4n) is 3.13. The highest BCUT2D eigenvalue weighted by atomic mass is 16.2. The van der Waals surface area contributed by atoms with Crippen molar-refractivity contribution in [3.8, 4) is 6.07 Å². The number of likely N-dealkylation sites (tertiary alicyclic amines) is 1. The fraction of sp³-hybridized carbons (Fsp3) is 0.600. The van der Waals surface area contributed by atoms with Gasteiger partial charge in [-0.3, -0.25) is 9.69 Å². The molecule has 0 aromatic heterocycles. The molecule has 4 nitrogen and oxygen atoms in total. The van der Waals surface area contributed by atoms with E-state index in [1.807, 2.05) is 13.8 Å². The third-order valence-corrected chi connectivity index (χ3v) is 5.23. The molecule has 130 valence electrons. The summed E-state index contributed by atoms with van der Waals surface area (Å²) in [6.45, 7) is 8.01. The number of nitrogens with zero attached hydrogens (tertiary/aromatic N) is 2. The van der Waals surface area contributed by atoms with Crippen molar-refractivity contribution in [2.24, 2.45) is 11.8 Å². The molecule has 0 radical (unpaired) electrons. The van der Waals surface area contributed by atoms with Gasteiger partial charge in [0.2, 0.25) is 5.91 Å². The topological polar surface area (TPSA) is 56.1 Å². The van der Waals surface area contributed by atoms with Crippen LogP contribution in [0.25, 0.3) is 0 Å². The molecule has 0 bridgehead atoms. The molecule has 2 rings (SSSR count). The summed E-state index contributed by atoms with van der Waals surface area (Å²) in [5.41, 5.74) is 0.610. The van der Waals surface area contributed by atoms with Gasteiger partial charge in [0.1, 0.15) is 5.54 Å². The highest BCUT2D eigenvalue weighted by molar-refractivity contribution is 5.79. The molecule has 1 aliphatic rings. The third kappa shape index (κ3) is 5.07. The number of carbonyl (C=O) groups excluding carboxylic acids is 1. The van der Waals surface area contributed by atoms with Gasteiger partial charge < -0.3 is 5.32 Å². The average Bonchev–Trinajstić information content (AvgIpc) is 2.57. The number of hydrogen-bond donors (Lipinski definition) is 1. The van der Waals surface area contributed by atoms with Crippen LogP contribution in [0.1, 0.15) is 39.2 Å². The molecule has 24 heavy (non-hydrogen) atoms. The van der Waals surface area contributed by atoms with Gasteiger partial charge in [0, 0.05) is 0 Å². The summed E-state index contributed by atoms with van der Waals surface area (Å²) >= 11 is 0. The number of rotatable bonds is 6. The van der Waals surface area contributed by atoms with E-state index in [-0.39, 0.29) is 11.8 Å². The quantitative estimate of drug-likeness (QED) is 0.874. The average molecular weight is 327 g/mol. The van der Waals surface area contributed by atoms with Crippen LogP contribution in [0.2, 0.25) is 0 Å². The van der Waals surface area contributed by atoms with E-state index in [1.54, 1.807) is 6.92 Å². The fourth-order valence-corrected chi connectivity index (χ4v) is 3.13. The Morgan fingerprint density at radius 3 is 2.50 bits per heavy atom. The maximum Gasteiger partial charge on any atom is 0.235 e. The summed E-state index contributed by atoms with van der Waals surface area (Å²) in [5, 5.41) is 12.2. The molecule has 1 atom stereocenters. The lowest BCUT2D eigenvalue weighted by Crippen LogP contribution is -2.52. The minimum atomic E-state index is -0.789. The van der Waals surface area contributed by atoms with Gasteiger partial charge in [-0.15, -0.1) is 0 Å². The molecule has 1 amide bonds. The molecule has 1 heterocycles. The van der Waals surface area contributed by atoms with Crippen LogP contribution in [0.4, 0.5) is 0 Å². The molecule has 1 aromatic carbocycles. The third-order valence-electron chi connectivity index (χ3n) is 5.23. The van der Waals surface area contributed by atoms with E-state index in [9.17, 15) is 10.1 Å². The van der Waals surface area contributed by atoms with E-state index in [1.165, 1.54) is 5.56 Å². The molecule has 0 unspecified atom stereocenters. The zero-order valence-electron chi connectivity index (χ0n) is 15.1. The van der Waals surface area contributed by atoms with Crippen molar-refractivity contribution in [2.45, 2.75) is 45.6 Å². The second-order valence-corrected chi connectivity index (χ2v) is 7.43. The molecule has 0 spiro atoms. The van der Waals surface area contributed by atoms with Crippen molar-refractivity contribution >= 4 is 5.91 Å². The molecule has 4 heteroatoms. The number of amides is 1. The van der Waals surface area contributed by atoms with Gasteiger partial charge in [0.15, 0.2) is 0 Å². The molecule has 1 aliphatic heterocycles. The molecular formula is C20H29N3O. The van der Waals surface area contributed by atoms with Crippen LogP contribution in [0.15, 0.2) is 30.3 Å². The molecule has 0 saturated carbocycles. The lowest BCUT2D eigenvalue weighted by Gasteiger charge is -2.33. The second kappa shape index (κ2) is 8.30. The van der Waals surface area contributed by atoms with Crippen molar-refractivity contribution in [3.05, 3.63) is 35.9 Å². The number of nitriles is 1. The van der Waals surface area contributed by atoms with Crippen LogP contribution in [-0.4, -0.2) is 36.0 Å². The van der Waals surface area contributed by atoms with Crippen molar-refractivity contribution in [2.75, 3.05) is 19.6 Å². The largest absolute Gasteiger partial charge is 0.337 e. The molecule has 0 aliphatic carbocycles. The van der Waals surface area contributed by atoms with E-state index in [4.69, 9.17) is 0 Å². The van der Waals surface area contributed by atoms with Crippen LogP contribution in [0.3, 0.4) is 0 Å². The summed E-state index contributed by atoms with van der Waals surface area (Å²) in [6, 6.07) is 12.8. The summed E-state index contributed by atoms with van der Waals surface area (Å²) < 4.78 is 0. The van der Waals surface area contributed by atoms with Crippen LogP contribution in [0.5, 0.6) is 0 Å². The smallest absolute Gasteiger partial charge is 0.235 e. The normalized spacial score (nSPS) is 18.8. The van der Waals surface area contributed by atoms with Gasteiger partial charge in [-0.1, -0.05) is 44.2 Å². The van der Waals surface area contributed by atoms with E-state index >= 15 is 0 Å². The maximum absolute atomic E-state index is 12.3. The molecule has 1 fully saturated rings. The first-order chi connectivity index (χ1) is 11.4. The number of nitrogens with one attached hydrogen (secondary N) is 1. The van der Waals surface area contributed by atoms with Gasteiger partial charge in [-0.2, -0.15) is 5.26 Å². The monoisotopic (exact) mass is 327 g/mol. The lowest BCUT2D eigenvalue weighted by molar-refractivity contribution is -0.124. The lowest BCUT2D eigenvalue weighted by atomic mass is 9.89. The highest BCUT2D eigenvalue weighted by Crippen LogP contribution is 2.21. The molecule has 1 N–H and O–H groups in total. The Balaban J connectivity index is 1.77. The van der Waals surface area contributed by atoms with Crippen molar-refractivity contribution in [3.63, 3.8) is 0 Å². The Morgan fingerprint density at radius 1 is 1.33 bits per heavy atom. The van der Waals surface area contributed by atoms with Crippen molar-refractivity contribution < 1.29 is 4.79 Å². The van der Waals surface area contributed by atoms with Gasteiger partial charge in [-0.25, -0.2) is 0 Å². The first kappa shape index (κ1) is 18.5. The van der Waals surface area contributed by atoms with E-state index < -0.39 is 5.54 Å². The summed E-state index contributed by atoms with van der Waals surface area (Å²) in [7, 11) is 0. The summed E-state index contributed by atoms with van der Waals surface area (Å²) in [6.07, 6.45) is 3.38. The minimum absolute atomic E-state index is 0.0470. The van der Waals surface area contributed by atoms with Crippen LogP contribution in [0, 0.1) is 23.2 Å². The van der Waals surface area contributed by atoms with Crippen molar-refractivity contribution in [1.29, 1.82) is 5.26 Å². The predicted octanol–water partition coefficient (Wildman–Crippen LogP) is 3.00. The summed E-state index contributed by atoms with van der Waals surface area (Å²) in [5.74, 6) is 0.740. The Kier molecular flexibility index (Phi) is 6.39. The van der Waals surface area contributed by atoms with Crippen LogP contribution in [-0.2, 0) is 11.2 Å². The zero-order valence-corrected chi connectivity index (χ0v) is 15.1. The zero-order chi connectivity index (χ0) is 17.6. The number of hydrogen-bond acceptors (Lipinski definition) is 3. The number of piperidine rings is 1. The summed E-state index contributed by atoms with van der Waals surface area (Å²) in [4.78, 5) is 14.5. The van der Waals surface area contributed by atoms with Gasteiger partial charge in [0.05, 0.1) is 12.6 Å². The first-order valence-electron chi connectivity index (χ1n) is 8.91. The Morgan fingerprint density at radius 2 is 1.96 bits per heavy atom. The number of carbonyl (C=O) groups is 1. The van der Waals surface area contributed by atoms with Crippen LogP contribution >= 0.6 is 0 Å². The highest BCUT2D eigenvalue weighted by Gasteiger charge is 2.31. The Labute approximate surface area is 145 Å². The Hall–Kier alpha value is -1.86. The SMILES string of the molecule is CC(C)[C@@](C)(C#N)NC(=O)CN1CCC(Cc2ccccc2)CC1. The van der Waals surface area contributed by atoms with E-state index in [2.05, 4.69) is 46.6 Å². The van der Waals surface area contributed by atoms with E-state index in [0.29, 0.717) is 12.5 Å². The molecule has 1 aromatic rings.